The molecular weight excluding hydrogens is 1370 g/mol. The van der Waals surface area contributed by atoms with Gasteiger partial charge in [-0.25, -0.2) is 0 Å². The molecule has 4 fully saturated rings. The molecule has 518 valence electrons. The van der Waals surface area contributed by atoms with Gasteiger partial charge in [-0.1, -0.05) is 32.6 Å². The van der Waals surface area contributed by atoms with Crippen molar-refractivity contribution in [3.63, 3.8) is 0 Å². The molecule has 0 radical (unpaired) electrons. The number of rotatable bonds is 35. The van der Waals surface area contributed by atoms with Crippen molar-refractivity contribution in [2.45, 2.75) is 169 Å². The molecule has 2 amide bonds. The number of nitrogens with one attached hydrogen (secondary N) is 2. The Bertz CT molecular complexity index is 2490. The Balaban J connectivity index is 0.0000177. The summed E-state index contributed by atoms with van der Waals surface area (Å²) in [6.07, 6.45) is -38.5. The summed E-state index contributed by atoms with van der Waals surface area (Å²) in [4.78, 5) is 91.2. The third-order valence-corrected chi connectivity index (χ3v) is 14.8. The second-order valence-corrected chi connectivity index (χ2v) is 22.5. The number of ether oxygens (including phenoxy) is 9. The van der Waals surface area contributed by atoms with Crippen LogP contribution in [0, 0.1) is 45.9 Å². The summed E-state index contributed by atoms with van der Waals surface area (Å²) in [6, 6.07) is 4.60. The van der Waals surface area contributed by atoms with Gasteiger partial charge in [-0.05, 0) is 43.9 Å². The van der Waals surface area contributed by atoms with Gasteiger partial charge in [0.1, 0.15) is 73.2 Å². The molecule has 17 N–H and O–H groups in total. The molecular formula is C54H83GdN5O31. The van der Waals surface area contributed by atoms with Crippen LogP contribution >= 0.6 is 0 Å². The molecule has 21 atom stereocenters. The molecule has 4 aliphatic rings. The number of carboxylic acid groups (broad SMARTS) is 4. The Kier molecular flexibility index (Phi) is 32.1. The van der Waals surface area contributed by atoms with Gasteiger partial charge < -0.3 is 130 Å². The molecule has 0 aliphatic carbocycles. The van der Waals surface area contributed by atoms with Gasteiger partial charge in [0.25, 0.3) is 18.3 Å². The fourth-order valence-corrected chi connectivity index (χ4v) is 10.5. The number of benzene rings is 1. The molecule has 4 saturated heterocycles. The van der Waals surface area contributed by atoms with Crippen LogP contribution in [0.25, 0.3) is 0 Å². The van der Waals surface area contributed by atoms with Crippen molar-refractivity contribution in [2.75, 3.05) is 77.4 Å². The van der Waals surface area contributed by atoms with Crippen LogP contribution in [0.2, 0.25) is 0 Å². The molecule has 0 spiro atoms. The standard InChI is InChI=1S/C54H83N5O31.Gd/c1-23(2)43-36(73)37(74)45(48(86-43)50(81)56-27-8-6-26(7-9-27)14-28(59(19-32(67)68)20-33(69)70)16-58(18-31(65)66)12-11-57(15-25(5)62)17-30(63)64)87-53-42(79)39(76)46(54(90-53)83-22-61)88-52-41(78)38(75)44(84-24(3)4)47(89-52)49(80)55-10-13-82-51-40(77)35(72)34(71)29(21-60)85-51;/h6-9,22-24,28-29,34-48,51-54,60,62,71-79H,5,10-21H2,1-4H3,(H,55,80)(H,56,81)(H,63,64)(H,65,66)(H,67,68)(H,69,70);/t28?,29?,34-,35+,36?,37-,38-,39-,40?,41?,42?,43+,44+,45+,46+,47?,48?,51-,52-,53-,54?;/m1./s1. The summed E-state index contributed by atoms with van der Waals surface area (Å²) in [5.41, 5.74) is 0.437. The van der Waals surface area contributed by atoms with Crippen LogP contribution in [-0.4, -0.2) is 341 Å². The minimum absolute atomic E-state index is 0. The van der Waals surface area contributed by atoms with Gasteiger partial charge >= 0.3 is 23.9 Å². The summed E-state index contributed by atoms with van der Waals surface area (Å²) in [6.45, 7) is 4.23. The zero-order chi connectivity index (χ0) is 67.0. The average Bonchev–Trinajstić information content (AvgIpc) is 0.801. The normalized spacial score (nSPS) is 32.2. The predicted octanol–water partition coefficient (Wildman–Crippen LogP) is -7.48. The number of carboxylic acids is 4. The minimum Gasteiger partial charge on any atom is -0.512 e. The Morgan fingerprint density at radius 1 is 0.604 bits per heavy atom. The number of aliphatic carboxylic acids is 4. The van der Waals surface area contributed by atoms with Crippen LogP contribution < -0.4 is 10.6 Å². The first-order valence-corrected chi connectivity index (χ1v) is 28.5. The number of hydrogen-bond acceptors (Lipinski definition) is 30. The Morgan fingerprint density at radius 2 is 1.13 bits per heavy atom. The second kappa shape index (κ2) is 37.0. The number of hydrogen-bond donors (Lipinski definition) is 17. The fraction of sp³-hybridized carbons (Fsp3) is 0.722. The van der Waals surface area contributed by atoms with Gasteiger partial charge in [0.15, 0.2) is 37.2 Å². The first-order valence-electron chi connectivity index (χ1n) is 28.5. The van der Waals surface area contributed by atoms with Crippen LogP contribution in [0.15, 0.2) is 36.6 Å². The van der Waals surface area contributed by atoms with E-state index in [1.54, 1.807) is 13.8 Å². The first-order chi connectivity index (χ1) is 42.3. The van der Waals surface area contributed by atoms with Crippen LogP contribution in [0.4, 0.5) is 5.69 Å². The summed E-state index contributed by atoms with van der Waals surface area (Å²) in [5.74, 6) is -8.46. The van der Waals surface area contributed by atoms with Crippen molar-refractivity contribution in [2.24, 2.45) is 5.92 Å². The first kappa shape index (κ1) is 79.0. The van der Waals surface area contributed by atoms with Crippen molar-refractivity contribution < 1.29 is 193 Å². The molecule has 1 aromatic rings. The van der Waals surface area contributed by atoms with Crippen molar-refractivity contribution >= 4 is 47.9 Å². The molecule has 91 heavy (non-hydrogen) atoms. The van der Waals surface area contributed by atoms with E-state index in [0.29, 0.717) is 5.56 Å². The molecule has 0 aromatic heterocycles. The van der Waals surface area contributed by atoms with E-state index in [1.807, 2.05) is 0 Å². The van der Waals surface area contributed by atoms with Gasteiger partial charge in [0.2, 0.25) is 6.29 Å². The van der Waals surface area contributed by atoms with Crippen LogP contribution in [0.1, 0.15) is 33.3 Å². The Morgan fingerprint density at radius 3 is 1.68 bits per heavy atom. The maximum atomic E-state index is 14.3. The van der Waals surface area contributed by atoms with Crippen molar-refractivity contribution in [1.29, 1.82) is 0 Å². The molecule has 0 saturated carbocycles. The number of carbonyl (C=O) groups excluding carboxylic acids is 3. The number of carbonyl (C=O) groups is 7. The van der Waals surface area contributed by atoms with E-state index < -0.39 is 216 Å². The van der Waals surface area contributed by atoms with E-state index in [1.165, 1.54) is 47.9 Å². The van der Waals surface area contributed by atoms with Gasteiger partial charge in [-0.2, -0.15) is 0 Å². The minimum atomic E-state index is -2.30. The molecule has 0 bridgehead atoms. The smallest absolute Gasteiger partial charge is 0.317 e. The number of aliphatic hydroxyl groups is 11. The second-order valence-electron chi connectivity index (χ2n) is 22.5. The van der Waals surface area contributed by atoms with E-state index in [9.17, 15) is 110 Å². The van der Waals surface area contributed by atoms with E-state index in [-0.39, 0.29) is 97.0 Å². The Labute approximate surface area is 552 Å². The van der Waals surface area contributed by atoms with Crippen molar-refractivity contribution in [3.05, 3.63) is 42.2 Å². The maximum absolute atomic E-state index is 14.3. The van der Waals surface area contributed by atoms with E-state index in [4.69, 9.17) is 42.6 Å². The number of aliphatic hydroxyl groups excluding tert-OH is 11. The summed E-state index contributed by atoms with van der Waals surface area (Å²) >= 11 is 0. The van der Waals surface area contributed by atoms with Crippen molar-refractivity contribution in [3.8, 4) is 0 Å². The third kappa shape index (κ3) is 22.6. The maximum Gasteiger partial charge on any atom is 0.317 e. The van der Waals surface area contributed by atoms with Gasteiger partial charge in [0, 0.05) is 77.8 Å². The third-order valence-electron chi connectivity index (χ3n) is 14.8. The van der Waals surface area contributed by atoms with Gasteiger partial charge in [0.05, 0.1) is 63.9 Å². The Hall–Kier alpha value is -4.47. The largest absolute Gasteiger partial charge is 0.512 e. The number of nitrogens with zero attached hydrogens (tertiary/aromatic N) is 3. The zero-order valence-electron chi connectivity index (χ0n) is 49.8. The quantitative estimate of drug-likeness (QED) is 0.0171. The van der Waals surface area contributed by atoms with Gasteiger partial charge in [-0.3, -0.25) is 48.3 Å². The molecule has 4 heterocycles. The summed E-state index contributed by atoms with van der Waals surface area (Å²) in [5, 5.41) is 162. The molecule has 4 aliphatic heterocycles. The summed E-state index contributed by atoms with van der Waals surface area (Å²) in [7, 11) is 0. The van der Waals surface area contributed by atoms with E-state index in [0.717, 1.165) is 4.90 Å². The molecule has 37 heteroatoms. The number of amides is 2. The van der Waals surface area contributed by atoms with E-state index in [2.05, 4.69) is 17.2 Å². The summed E-state index contributed by atoms with van der Waals surface area (Å²) < 4.78 is 50.7. The molecule has 36 nitrogen and oxygen atoms in total. The SMILES string of the molecule is C=C(O)CN(CCN(CC(=O)O)CC(Cc1ccc(NC(=O)C2O[C@@H](C(C)C)C(O)[C@@H](O)[C@@H]2O[C@@H]2OC(OC=O)[C@@H](O[C@@H]3OC(C(=O)NCCO[C@@H]4OC(CO)[C@@H](O)[C@H](O)C4O)[C@@H](OC(C)C)[C@H](O)C3O)[C@H](O)C2O)cc1)N(CC(=O)O)CC(=O)O)CC(=O)O.[Gd]. The van der Waals surface area contributed by atoms with Gasteiger partial charge in [-0.15, -0.1) is 0 Å². The van der Waals surface area contributed by atoms with Crippen LogP contribution in [0.3, 0.4) is 0 Å². The molecule has 1 aromatic carbocycles. The molecule has 9 unspecified atom stereocenters. The van der Waals surface area contributed by atoms with Crippen LogP contribution in [-0.2, 0) is 82.6 Å². The monoisotopic (exact) mass is 1460 g/mol. The number of anilines is 1. The fourth-order valence-electron chi connectivity index (χ4n) is 10.5. The average molecular weight is 1460 g/mol. The van der Waals surface area contributed by atoms with E-state index >= 15 is 0 Å². The molecule has 5 rings (SSSR count). The van der Waals surface area contributed by atoms with Crippen LogP contribution in [0.5, 0.6) is 0 Å². The predicted molar refractivity (Wildman–Crippen MR) is 296 cm³/mol. The topological polar surface area (TPSA) is 540 Å². The zero-order valence-corrected chi connectivity index (χ0v) is 52.1. The van der Waals surface area contributed by atoms with Crippen molar-refractivity contribution in [1.82, 2.24) is 20.0 Å².